The zero-order chi connectivity index (χ0) is 11.7. The predicted octanol–water partition coefficient (Wildman–Crippen LogP) is 2.60. The van der Waals surface area contributed by atoms with Crippen molar-refractivity contribution in [2.45, 2.75) is 37.6 Å². The SMILES string of the molecule is O=C1CCN2CC(c3ccccc3)CCC2C1. The minimum absolute atomic E-state index is 0.462. The summed E-state index contributed by atoms with van der Waals surface area (Å²) in [5.41, 5.74) is 1.46. The van der Waals surface area contributed by atoms with Gasteiger partial charge in [0.2, 0.25) is 0 Å². The topological polar surface area (TPSA) is 20.3 Å². The number of hydrogen-bond donors (Lipinski definition) is 0. The van der Waals surface area contributed by atoms with Gasteiger partial charge in [0.1, 0.15) is 5.78 Å². The highest BCUT2D eigenvalue weighted by Crippen LogP contribution is 2.33. The highest BCUT2D eigenvalue weighted by atomic mass is 16.1. The van der Waals surface area contributed by atoms with Crippen molar-refractivity contribution in [1.82, 2.24) is 4.90 Å². The number of hydrogen-bond acceptors (Lipinski definition) is 2. The summed E-state index contributed by atoms with van der Waals surface area (Å²) in [5.74, 6) is 1.13. The van der Waals surface area contributed by atoms with E-state index < -0.39 is 0 Å². The van der Waals surface area contributed by atoms with E-state index in [0.717, 1.165) is 25.9 Å². The Morgan fingerprint density at radius 3 is 2.76 bits per heavy atom. The summed E-state index contributed by atoms with van der Waals surface area (Å²) in [5, 5.41) is 0. The maximum atomic E-state index is 11.4. The number of benzene rings is 1. The van der Waals surface area contributed by atoms with Gasteiger partial charge in [-0.05, 0) is 24.3 Å². The molecule has 0 aliphatic carbocycles. The molecule has 2 unspecified atom stereocenters. The monoisotopic (exact) mass is 229 g/mol. The van der Waals surface area contributed by atoms with E-state index in [1.807, 2.05) is 0 Å². The number of rotatable bonds is 1. The van der Waals surface area contributed by atoms with Crippen LogP contribution >= 0.6 is 0 Å². The average molecular weight is 229 g/mol. The maximum absolute atomic E-state index is 11.4. The maximum Gasteiger partial charge on any atom is 0.135 e. The number of piperidine rings is 2. The molecule has 0 aromatic heterocycles. The molecular weight excluding hydrogens is 210 g/mol. The molecule has 2 aliphatic rings. The smallest absolute Gasteiger partial charge is 0.135 e. The fraction of sp³-hybridized carbons (Fsp3) is 0.533. The summed E-state index contributed by atoms with van der Waals surface area (Å²) in [6.45, 7) is 2.12. The molecule has 2 heteroatoms. The summed E-state index contributed by atoms with van der Waals surface area (Å²) in [6.07, 6.45) is 3.98. The molecule has 0 spiro atoms. The van der Waals surface area contributed by atoms with Crippen molar-refractivity contribution >= 4 is 5.78 Å². The van der Waals surface area contributed by atoms with Crippen LogP contribution in [-0.2, 0) is 4.79 Å². The Hall–Kier alpha value is -1.15. The fourth-order valence-corrected chi connectivity index (χ4v) is 3.24. The predicted molar refractivity (Wildman–Crippen MR) is 68.0 cm³/mol. The second kappa shape index (κ2) is 4.61. The first kappa shape index (κ1) is 11.0. The summed E-state index contributed by atoms with van der Waals surface area (Å²) in [4.78, 5) is 14.0. The first-order chi connectivity index (χ1) is 8.33. The van der Waals surface area contributed by atoms with Gasteiger partial charge in [-0.3, -0.25) is 9.69 Å². The van der Waals surface area contributed by atoms with Crippen LogP contribution in [0.2, 0.25) is 0 Å². The van der Waals surface area contributed by atoms with Crippen molar-refractivity contribution in [2.75, 3.05) is 13.1 Å². The Morgan fingerprint density at radius 2 is 1.94 bits per heavy atom. The molecule has 17 heavy (non-hydrogen) atoms. The Balaban J connectivity index is 1.70. The third-order valence-corrected chi connectivity index (χ3v) is 4.23. The van der Waals surface area contributed by atoms with Gasteiger partial charge in [0.25, 0.3) is 0 Å². The molecule has 0 radical (unpaired) electrons. The molecular formula is C15H19NO. The lowest BCUT2D eigenvalue weighted by molar-refractivity contribution is -0.124. The highest BCUT2D eigenvalue weighted by Gasteiger charge is 2.33. The van der Waals surface area contributed by atoms with Gasteiger partial charge in [0.05, 0.1) is 0 Å². The Morgan fingerprint density at radius 1 is 1.12 bits per heavy atom. The van der Waals surface area contributed by atoms with Crippen LogP contribution in [0.15, 0.2) is 30.3 Å². The lowest BCUT2D eigenvalue weighted by atomic mass is 9.84. The zero-order valence-corrected chi connectivity index (χ0v) is 10.1. The van der Waals surface area contributed by atoms with E-state index in [2.05, 4.69) is 35.2 Å². The van der Waals surface area contributed by atoms with Gasteiger partial charge in [0, 0.05) is 32.0 Å². The Labute approximate surface area is 103 Å². The van der Waals surface area contributed by atoms with Crippen molar-refractivity contribution in [1.29, 1.82) is 0 Å². The van der Waals surface area contributed by atoms with Gasteiger partial charge in [-0.15, -0.1) is 0 Å². The van der Waals surface area contributed by atoms with Crippen LogP contribution in [-0.4, -0.2) is 29.8 Å². The standard InChI is InChI=1S/C15H19NO/c17-15-8-9-16-11-13(6-7-14(16)10-15)12-4-2-1-3-5-12/h1-5,13-14H,6-11H2. The number of fused-ring (bicyclic) bond motifs is 1. The molecule has 0 bridgehead atoms. The molecule has 2 fully saturated rings. The minimum atomic E-state index is 0.462. The van der Waals surface area contributed by atoms with Crippen LogP contribution in [0.4, 0.5) is 0 Å². The number of carbonyl (C=O) groups excluding carboxylic acids is 1. The van der Waals surface area contributed by atoms with Crippen LogP contribution < -0.4 is 0 Å². The van der Waals surface area contributed by atoms with Crippen molar-refractivity contribution in [3.8, 4) is 0 Å². The normalized spacial score (nSPS) is 30.0. The second-order valence-electron chi connectivity index (χ2n) is 5.33. The largest absolute Gasteiger partial charge is 0.300 e. The zero-order valence-electron chi connectivity index (χ0n) is 10.1. The number of nitrogens with zero attached hydrogens (tertiary/aromatic N) is 1. The highest BCUT2D eigenvalue weighted by molar-refractivity contribution is 5.80. The first-order valence-corrected chi connectivity index (χ1v) is 6.63. The molecule has 2 aliphatic heterocycles. The molecule has 0 amide bonds. The van der Waals surface area contributed by atoms with Crippen molar-refractivity contribution < 1.29 is 4.79 Å². The Kier molecular flexibility index (Phi) is 2.98. The number of carbonyl (C=O) groups is 1. The van der Waals surface area contributed by atoms with Crippen molar-refractivity contribution in [2.24, 2.45) is 0 Å². The van der Waals surface area contributed by atoms with E-state index in [4.69, 9.17) is 0 Å². The van der Waals surface area contributed by atoms with E-state index in [0.29, 0.717) is 17.7 Å². The van der Waals surface area contributed by atoms with Crippen molar-refractivity contribution in [3.05, 3.63) is 35.9 Å². The van der Waals surface area contributed by atoms with E-state index in [1.54, 1.807) is 0 Å². The number of Topliss-reactive ketones (excluding diaryl/α,β-unsaturated/α-hetero) is 1. The molecule has 1 aromatic carbocycles. The van der Waals surface area contributed by atoms with Gasteiger partial charge in [-0.25, -0.2) is 0 Å². The molecule has 2 saturated heterocycles. The first-order valence-electron chi connectivity index (χ1n) is 6.63. The van der Waals surface area contributed by atoms with E-state index in [-0.39, 0.29) is 0 Å². The quantitative estimate of drug-likeness (QED) is 0.737. The van der Waals surface area contributed by atoms with E-state index in [1.165, 1.54) is 18.4 Å². The summed E-state index contributed by atoms with van der Waals surface area (Å²) in [7, 11) is 0. The molecule has 2 heterocycles. The van der Waals surface area contributed by atoms with Gasteiger partial charge >= 0.3 is 0 Å². The van der Waals surface area contributed by atoms with Crippen LogP contribution in [0.3, 0.4) is 0 Å². The lowest BCUT2D eigenvalue weighted by Gasteiger charge is -2.42. The van der Waals surface area contributed by atoms with E-state index >= 15 is 0 Å². The third-order valence-electron chi connectivity index (χ3n) is 4.23. The molecule has 2 atom stereocenters. The van der Waals surface area contributed by atoms with Gasteiger partial charge in [-0.2, -0.15) is 0 Å². The average Bonchev–Trinajstić information content (AvgIpc) is 2.39. The van der Waals surface area contributed by atoms with Gasteiger partial charge in [0.15, 0.2) is 0 Å². The summed E-state index contributed by atoms with van der Waals surface area (Å²) < 4.78 is 0. The summed E-state index contributed by atoms with van der Waals surface area (Å²) in [6, 6.07) is 11.3. The van der Waals surface area contributed by atoms with E-state index in [9.17, 15) is 4.79 Å². The van der Waals surface area contributed by atoms with Crippen LogP contribution in [0.1, 0.15) is 37.2 Å². The third kappa shape index (κ3) is 2.27. The molecule has 0 N–H and O–H groups in total. The van der Waals surface area contributed by atoms with Crippen LogP contribution in [0.5, 0.6) is 0 Å². The van der Waals surface area contributed by atoms with Crippen molar-refractivity contribution in [3.63, 3.8) is 0 Å². The lowest BCUT2D eigenvalue weighted by Crippen LogP contribution is -2.47. The molecule has 1 aromatic rings. The van der Waals surface area contributed by atoms with Crippen LogP contribution in [0, 0.1) is 0 Å². The fourth-order valence-electron chi connectivity index (χ4n) is 3.24. The summed E-state index contributed by atoms with van der Waals surface area (Å²) >= 11 is 0. The molecule has 90 valence electrons. The minimum Gasteiger partial charge on any atom is -0.300 e. The molecule has 2 nitrogen and oxygen atoms in total. The van der Waals surface area contributed by atoms with Crippen LogP contribution in [0.25, 0.3) is 0 Å². The Bertz CT molecular complexity index is 401. The molecule has 3 rings (SSSR count). The number of ketones is 1. The second-order valence-corrected chi connectivity index (χ2v) is 5.33. The van der Waals surface area contributed by atoms with Gasteiger partial charge < -0.3 is 0 Å². The molecule has 0 saturated carbocycles. The van der Waals surface area contributed by atoms with Gasteiger partial charge in [-0.1, -0.05) is 30.3 Å².